The van der Waals surface area contributed by atoms with Crippen molar-refractivity contribution >= 4 is 130 Å². The molecule has 12 nitrogen and oxygen atoms in total. The van der Waals surface area contributed by atoms with E-state index in [2.05, 4.69) is 310 Å². The molecule has 0 aliphatic rings. The molecule has 29 aromatic rings. The van der Waals surface area contributed by atoms with E-state index in [1.807, 2.05) is 170 Å². The Morgan fingerprint density at radius 1 is 0.122 bits per heavy atom. The van der Waals surface area contributed by atoms with Gasteiger partial charge in [0, 0.05) is 82.4 Å². The second-order valence-corrected chi connectivity index (χ2v) is 38.2. The summed E-state index contributed by atoms with van der Waals surface area (Å²) in [6.45, 7) is 2.11. The molecule has 29 rings (SSSR count). The predicted molar refractivity (Wildman–Crippen MR) is 605 cm³/mol. The highest BCUT2D eigenvalue weighted by molar-refractivity contribution is 6.29. The fourth-order valence-corrected chi connectivity index (χ4v) is 22.0. The zero-order chi connectivity index (χ0) is 97.5. The van der Waals surface area contributed by atoms with Crippen molar-refractivity contribution in [3.05, 3.63) is 479 Å². The van der Waals surface area contributed by atoms with Crippen molar-refractivity contribution in [2.75, 3.05) is 0 Å². The highest BCUT2D eigenvalue weighted by Crippen LogP contribution is 2.49. The summed E-state index contributed by atoms with van der Waals surface area (Å²) in [5, 5.41) is 20.2. The van der Waals surface area contributed by atoms with Crippen molar-refractivity contribution in [1.82, 2.24) is 44.9 Å². The Labute approximate surface area is 848 Å². The molecule has 0 aliphatic carbocycles. The molecule has 12 heteroatoms. The minimum absolute atomic E-state index is 0.578. The Bertz CT molecular complexity index is 10400. The fraction of sp³-hybridized carbons (Fsp3) is 0.00735. The number of hydrogen-bond donors (Lipinski definition) is 0. The minimum atomic E-state index is 0.578. The Morgan fingerprint density at radius 3 is 0.811 bits per heavy atom. The average molecular weight is 1890 g/mol. The third-order valence-electron chi connectivity index (χ3n) is 29.3. The summed E-state index contributed by atoms with van der Waals surface area (Å²) in [7, 11) is 0. The van der Waals surface area contributed by atoms with Crippen LogP contribution < -0.4 is 0 Å². The first kappa shape index (κ1) is 84.9. The first-order valence-electron chi connectivity index (χ1n) is 49.8. The van der Waals surface area contributed by atoms with E-state index in [1.54, 1.807) is 0 Å². The van der Waals surface area contributed by atoms with Crippen LogP contribution in [0, 0.1) is 6.92 Å². The van der Waals surface area contributed by atoms with Gasteiger partial charge < -0.3 is 13.3 Å². The largest absolute Gasteiger partial charge is 0.456 e. The average Bonchev–Trinajstić information content (AvgIpc) is 1.46. The molecule has 0 aliphatic heterocycles. The smallest absolute Gasteiger partial charge is 0.164 e. The van der Waals surface area contributed by atoms with Crippen LogP contribution in [0.3, 0.4) is 0 Å². The number of furan rings is 3. The van der Waals surface area contributed by atoms with Crippen molar-refractivity contribution in [3.63, 3.8) is 0 Å². The van der Waals surface area contributed by atoms with Gasteiger partial charge in [-0.2, -0.15) is 0 Å². The summed E-state index contributed by atoms with van der Waals surface area (Å²) in [4.78, 5) is 46.3. The predicted octanol–water partition coefficient (Wildman–Crippen LogP) is 35.8. The molecule has 6 aromatic heterocycles. The molecule has 6 heterocycles. The zero-order valence-corrected chi connectivity index (χ0v) is 79.8. The topological polar surface area (TPSA) is 155 Å². The Kier molecular flexibility index (Phi) is 19.9. The van der Waals surface area contributed by atoms with E-state index in [0.29, 0.717) is 52.4 Å². The molecule has 0 fully saturated rings. The second kappa shape index (κ2) is 34.7. The molecule has 0 spiro atoms. The van der Waals surface area contributed by atoms with Crippen LogP contribution in [0.15, 0.2) is 486 Å². The normalized spacial score (nSPS) is 11.8. The molecule has 0 bridgehead atoms. The molecule has 0 N–H and O–H groups in total. The van der Waals surface area contributed by atoms with Gasteiger partial charge >= 0.3 is 0 Å². The van der Waals surface area contributed by atoms with Gasteiger partial charge in [0.1, 0.15) is 33.5 Å². The summed E-state index contributed by atoms with van der Waals surface area (Å²) >= 11 is 0. The number of rotatable bonds is 16. The van der Waals surface area contributed by atoms with Crippen molar-refractivity contribution in [2.45, 2.75) is 6.92 Å². The van der Waals surface area contributed by atoms with Gasteiger partial charge in [0.15, 0.2) is 52.4 Å². The molecule has 0 saturated heterocycles. The number of aryl methyl sites for hydroxylation is 1. The van der Waals surface area contributed by atoms with E-state index in [0.717, 1.165) is 215 Å². The summed E-state index contributed by atoms with van der Waals surface area (Å²) in [6, 6.07) is 167. The molecule has 0 saturated carbocycles. The van der Waals surface area contributed by atoms with Crippen molar-refractivity contribution in [3.8, 4) is 180 Å². The van der Waals surface area contributed by atoms with Crippen LogP contribution in [-0.4, -0.2) is 44.9 Å². The maximum atomic E-state index is 7.19. The van der Waals surface area contributed by atoms with Gasteiger partial charge in [-0.1, -0.05) is 382 Å². The number of fused-ring (bicyclic) bond motifs is 21. The lowest BCUT2D eigenvalue weighted by Gasteiger charge is -2.14. The lowest BCUT2D eigenvalue weighted by molar-refractivity contribution is 0.668. The minimum Gasteiger partial charge on any atom is -0.456 e. The van der Waals surface area contributed by atoms with Gasteiger partial charge in [-0.05, 0) is 247 Å². The van der Waals surface area contributed by atoms with E-state index >= 15 is 0 Å². The lowest BCUT2D eigenvalue weighted by Crippen LogP contribution is -2.00. The van der Waals surface area contributed by atoms with Crippen LogP contribution in [0.2, 0.25) is 0 Å². The molecular formula is C136H81N9O3. The SMILES string of the molecule is Cc1ccc2oc3cccc(-c4nc(-c5ccccc5)nc(-c5cccc(-c6ccc7c8ccc(-c9ccc(-c%10ccc%11oc%12cc(-c%13ccc%14c(c%13)c%13ccccc%13c%13ccc(-c%15ccc%16oc%17cccc(-c%18cccc(-c%19nc(-c%20ccccc%20)nc(-c%20ccccc%20)n%19)c%18)c%17c%16c%15)cc%13%14)cc(-c%13ccc(-c%14nc(-c%15ccccc%15)nc(-c%15ccccc%15)n%14)cc%13)c%12c%11c%10)cc9)cc8c8ccccc8c7c6)c5)n4)c3c2c1. The summed E-state index contributed by atoms with van der Waals surface area (Å²) in [5.41, 5.74) is 28.9. The van der Waals surface area contributed by atoms with Crippen LogP contribution in [0.4, 0.5) is 0 Å². The quantitative estimate of drug-likeness (QED) is 0.0845. The van der Waals surface area contributed by atoms with E-state index in [-0.39, 0.29) is 0 Å². The first-order valence-corrected chi connectivity index (χ1v) is 49.8. The molecule has 148 heavy (non-hydrogen) atoms. The Morgan fingerprint density at radius 2 is 0.378 bits per heavy atom. The molecule has 0 amide bonds. The maximum absolute atomic E-state index is 7.19. The summed E-state index contributed by atoms with van der Waals surface area (Å²) in [6.07, 6.45) is 0. The van der Waals surface area contributed by atoms with E-state index < -0.39 is 0 Å². The summed E-state index contributed by atoms with van der Waals surface area (Å²) in [5.74, 6) is 5.35. The highest BCUT2D eigenvalue weighted by atomic mass is 16.3. The second-order valence-electron chi connectivity index (χ2n) is 38.2. The Hall–Kier alpha value is -20.0. The molecule has 688 valence electrons. The number of nitrogens with zero attached hydrogens (tertiary/aromatic N) is 9. The van der Waals surface area contributed by atoms with Gasteiger partial charge in [0.25, 0.3) is 0 Å². The number of aromatic nitrogens is 9. The van der Waals surface area contributed by atoms with Crippen LogP contribution in [0.1, 0.15) is 5.56 Å². The maximum Gasteiger partial charge on any atom is 0.164 e. The van der Waals surface area contributed by atoms with Gasteiger partial charge in [-0.3, -0.25) is 0 Å². The lowest BCUT2D eigenvalue weighted by atomic mass is 9.89. The van der Waals surface area contributed by atoms with Gasteiger partial charge in [-0.15, -0.1) is 0 Å². The zero-order valence-electron chi connectivity index (χ0n) is 79.8. The van der Waals surface area contributed by atoms with Crippen LogP contribution in [-0.2, 0) is 0 Å². The van der Waals surface area contributed by atoms with Crippen LogP contribution in [0.25, 0.3) is 311 Å². The van der Waals surface area contributed by atoms with Gasteiger partial charge in [0.2, 0.25) is 0 Å². The third-order valence-corrected chi connectivity index (χ3v) is 29.3. The van der Waals surface area contributed by atoms with E-state index in [4.69, 9.17) is 58.1 Å². The third kappa shape index (κ3) is 14.8. The molecule has 0 radical (unpaired) electrons. The molecule has 23 aromatic carbocycles. The molecule has 0 atom stereocenters. The number of benzene rings is 23. The highest BCUT2D eigenvalue weighted by Gasteiger charge is 2.26. The monoisotopic (exact) mass is 1890 g/mol. The number of hydrogen-bond acceptors (Lipinski definition) is 12. The summed E-state index contributed by atoms with van der Waals surface area (Å²) < 4.78 is 20.3. The van der Waals surface area contributed by atoms with Crippen LogP contribution >= 0.6 is 0 Å². The van der Waals surface area contributed by atoms with E-state index in [9.17, 15) is 0 Å². The Balaban J connectivity index is 0.509. The standard InChI is InChI=1S/C136H81N9O3/c1-80-47-66-119-116(69-80)126-110(44-24-46-123(126)146-119)136-144-132(88-33-15-6-16-34-88)143-135(145-136)98-37-21-35-90(70-98)93-57-64-108-107-62-56-91(72-112(107)104-41-19-20-42-105(104)113(108)73-93)81-48-50-82(51-49-81)92-60-67-121-118(76-92)127-111(83-52-54-89(55-53-83)133-139-128(84-25-7-2-8-26-84)137-129(140-133)85-27-9-3-10-28-85)78-100(79-124(127)148-121)96-59-65-109-114(75-96)103-40-18-17-39-102(103)106-63-58-94(74-115(106)109)95-61-68-120-117(77-95)125-101(43-23-45-122(125)147-120)97-36-22-38-99(71-97)134-141-130(86-29-11-4-12-30-86)138-131(142-134)87-31-13-5-14-32-87/h2-79H,1H3. The van der Waals surface area contributed by atoms with Crippen LogP contribution in [0.5, 0.6) is 0 Å². The van der Waals surface area contributed by atoms with Gasteiger partial charge in [-0.25, -0.2) is 44.9 Å². The molecule has 0 unspecified atom stereocenters. The van der Waals surface area contributed by atoms with Gasteiger partial charge in [0.05, 0.1) is 0 Å². The van der Waals surface area contributed by atoms with E-state index in [1.165, 1.54) is 48.5 Å². The first-order chi connectivity index (χ1) is 73.2. The van der Waals surface area contributed by atoms with Crippen molar-refractivity contribution in [2.24, 2.45) is 0 Å². The molecular weight excluding hydrogens is 1810 g/mol. The fourth-order valence-electron chi connectivity index (χ4n) is 22.0. The van der Waals surface area contributed by atoms with Crippen molar-refractivity contribution in [1.29, 1.82) is 0 Å². The van der Waals surface area contributed by atoms with Crippen molar-refractivity contribution < 1.29 is 13.3 Å².